The van der Waals surface area contributed by atoms with Gasteiger partial charge in [0.05, 0.1) is 12.1 Å². The average Bonchev–Trinajstić information content (AvgIpc) is 3.16. The summed E-state index contributed by atoms with van der Waals surface area (Å²) in [5.74, 6) is 1.97. The first-order valence-corrected chi connectivity index (χ1v) is 8.13. The fourth-order valence-electron chi connectivity index (χ4n) is 2.51. The van der Waals surface area contributed by atoms with Gasteiger partial charge in [-0.05, 0) is 24.0 Å². The molecule has 0 saturated carbocycles. The highest BCUT2D eigenvalue weighted by Gasteiger charge is 2.27. The lowest BCUT2D eigenvalue weighted by atomic mass is 10.1. The van der Waals surface area contributed by atoms with Gasteiger partial charge in [-0.1, -0.05) is 27.7 Å². The number of nitrogen functional groups attached to an aromatic ring is 1. The second-order valence-electron chi connectivity index (χ2n) is 6.78. The van der Waals surface area contributed by atoms with E-state index in [4.69, 9.17) is 15.2 Å². The number of aromatic nitrogens is 1. The zero-order chi connectivity index (χ0) is 16.6. The van der Waals surface area contributed by atoms with Crippen LogP contribution >= 0.6 is 0 Å². The van der Waals surface area contributed by atoms with E-state index in [1.807, 2.05) is 0 Å². The Balaban J connectivity index is 1.89. The van der Waals surface area contributed by atoms with Crippen molar-refractivity contribution in [2.45, 2.75) is 39.8 Å². The number of hydrogen-bond donors (Lipinski definition) is 1. The number of anilines is 1. The Bertz CT molecular complexity index is 600. The van der Waals surface area contributed by atoms with Crippen LogP contribution in [-0.2, 0) is 9.47 Å². The molecule has 6 heteroatoms. The lowest BCUT2D eigenvalue weighted by Gasteiger charge is -2.07. The van der Waals surface area contributed by atoms with Gasteiger partial charge in [-0.3, -0.25) is 0 Å². The van der Waals surface area contributed by atoms with Crippen molar-refractivity contribution in [1.82, 2.24) is 4.98 Å². The Hall–Kier alpha value is -2.11. The maximum atomic E-state index is 6.02. The van der Waals surface area contributed by atoms with E-state index in [2.05, 4.69) is 42.7 Å². The highest BCUT2D eigenvalue weighted by atomic mass is 16.5. The first kappa shape index (κ1) is 15.8. The summed E-state index contributed by atoms with van der Waals surface area (Å²) in [6, 6.07) is 3.89. The molecule has 0 aliphatic carbocycles. The van der Waals surface area contributed by atoms with E-state index in [-0.39, 0.29) is 12.1 Å². The topological polar surface area (TPSA) is 82.1 Å². The number of nitrogens with zero attached hydrogens (tertiary/aromatic N) is 3. The quantitative estimate of drug-likeness (QED) is 0.923. The molecule has 0 amide bonds. The van der Waals surface area contributed by atoms with E-state index < -0.39 is 0 Å². The number of rotatable bonds is 4. The predicted octanol–water partition coefficient (Wildman–Crippen LogP) is 2.27. The van der Waals surface area contributed by atoms with Crippen LogP contribution in [0.1, 0.15) is 39.1 Å². The van der Waals surface area contributed by atoms with E-state index in [0.717, 1.165) is 0 Å². The zero-order valence-corrected chi connectivity index (χ0v) is 14.1. The van der Waals surface area contributed by atoms with Crippen LogP contribution in [0.2, 0.25) is 0 Å². The molecule has 0 fully saturated rings. The monoisotopic (exact) mass is 316 g/mol. The average molecular weight is 316 g/mol. The standard InChI is InChI=1S/C17H24N4O2/c1-9(2)14-7-22-16(20-14)12-5-11(18)6-13(19-12)17-21-15(8-23-17)10(3)4/h5-6,9-10,14-15H,7-8H2,1-4H3,(H2,18,19). The predicted molar refractivity (Wildman–Crippen MR) is 90.9 cm³/mol. The van der Waals surface area contributed by atoms with Crippen LogP contribution in [0.3, 0.4) is 0 Å². The zero-order valence-electron chi connectivity index (χ0n) is 14.1. The Kier molecular flexibility index (Phi) is 4.24. The maximum Gasteiger partial charge on any atom is 0.235 e. The molecular weight excluding hydrogens is 292 g/mol. The number of aliphatic imine (C=N–C) groups is 2. The Morgan fingerprint density at radius 1 is 0.913 bits per heavy atom. The molecule has 23 heavy (non-hydrogen) atoms. The third-order valence-electron chi connectivity index (χ3n) is 4.17. The molecule has 2 unspecified atom stereocenters. The van der Waals surface area contributed by atoms with Crippen molar-refractivity contribution >= 4 is 17.5 Å². The molecule has 3 heterocycles. The van der Waals surface area contributed by atoms with E-state index >= 15 is 0 Å². The largest absolute Gasteiger partial charge is 0.474 e. The summed E-state index contributed by atoms with van der Waals surface area (Å²) in [4.78, 5) is 13.8. The SMILES string of the molecule is CC(C)C1COC(c2cc(N)cc(C3=NC(C(C)C)CO3)n2)=N1. The fraction of sp³-hybridized carbons (Fsp3) is 0.588. The van der Waals surface area contributed by atoms with Crippen molar-refractivity contribution in [2.24, 2.45) is 21.8 Å². The highest BCUT2D eigenvalue weighted by molar-refractivity contribution is 5.98. The Labute approximate surface area is 136 Å². The van der Waals surface area contributed by atoms with Gasteiger partial charge < -0.3 is 15.2 Å². The first-order valence-electron chi connectivity index (χ1n) is 8.13. The highest BCUT2D eigenvalue weighted by Crippen LogP contribution is 2.21. The van der Waals surface area contributed by atoms with Gasteiger partial charge in [0.25, 0.3) is 0 Å². The summed E-state index contributed by atoms with van der Waals surface area (Å²) in [5, 5.41) is 0. The van der Waals surface area contributed by atoms with Crippen LogP contribution in [0.15, 0.2) is 22.1 Å². The summed E-state index contributed by atoms with van der Waals surface area (Å²) in [7, 11) is 0. The van der Waals surface area contributed by atoms with Crippen molar-refractivity contribution in [3.8, 4) is 0 Å². The van der Waals surface area contributed by atoms with Gasteiger partial charge in [0.1, 0.15) is 24.6 Å². The third-order valence-corrected chi connectivity index (χ3v) is 4.17. The minimum Gasteiger partial charge on any atom is -0.474 e. The molecule has 0 bridgehead atoms. The third kappa shape index (κ3) is 3.30. The molecule has 3 rings (SSSR count). The summed E-state index contributed by atoms with van der Waals surface area (Å²) in [6.45, 7) is 9.70. The van der Waals surface area contributed by atoms with E-state index in [0.29, 0.717) is 53.9 Å². The molecule has 124 valence electrons. The number of ether oxygens (including phenoxy) is 2. The lowest BCUT2D eigenvalue weighted by molar-refractivity contribution is 0.290. The van der Waals surface area contributed by atoms with E-state index in [9.17, 15) is 0 Å². The first-order chi connectivity index (χ1) is 10.9. The minimum atomic E-state index is 0.169. The smallest absolute Gasteiger partial charge is 0.235 e. The van der Waals surface area contributed by atoms with E-state index in [1.54, 1.807) is 12.1 Å². The van der Waals surface area contributed by atoms with Gasteiger partial charge >= 0.3 is 0 Å². The lowest BCUT2D eigenvalue weighted by Crippen LogP contribution is -2.13. The fourth-order valence-corrected chi connectivity index (χ4v) is 2.51. The van der Waals surface area contributed by atoms with Gasteiger partial charge in [0, 0.05) is 5.69 Å². The molecule has 6 nitrogen and oxygen atoms in total. The second-order valence-corrected chi connectivity index (χ2v) is 6.78. The van der Waals surface area contributed by atoms with Crippen LogP contribution in [-0.4, -0.2) is 42.1 Å². The van der Waals surface area contributed by atoms with Crippen molar-refractivity contribution in [3.63, 3.8) is 0 Å². The molecule has 0 radical (unpaired) electrons. The minimum absolute atomic E-state index is 0.169. The van der Waals surface area contributed by atoms with Gasteiger partial charge in [0.2, 0.25) is 11.8 Å². The van der Waals surface area contributed by atoms with Gasteiger partial charge in [-0.2, -0.15) is 0 Å². The van der Waals surface area contributed by atoms with Gasteiger partial charge in [0.15, 0.2) is 0 Å². The van der Waals surface area contributed by atoms with Crippen molar-refractivity contribution in [1.29, 1.82) is 0 Å². The number of pyridine rings is 1. The molecule has 1 aromatic heterocycles. The van der Waals surface area contributed by atoms with Crippen LogP contribution in [0.4, 0.5) is 5.69 Å². The summed E-state index contributed by atoms with van der Waals surface area (Å²) in [6.07, 6.45) is 0. The Morgan fingerprint density at radius 3 is 1.70 bits per heavy atom. The van der Waals surface area contributed by atoms with Crippen molar-refractivity contribution < 1.29 is 9.47 Å². The number of nitrogens with two attached hydrogens (primary N) is 1. The molecule has 0 spiro atoms. The summed E-state index contributed by atoms with van der Waals surface area (Å²) in [5.41, 5.74) is 7.91. The second kappa shape index (κ2) is 6.18. The molecule has 2 aliphatic heterocycles. The molecule has 1 aromatic rings. The molecular formula is C17H24N4O2. The molecule has 0 aromatic carbocycles. The normalized spacial score (nSPS) is 23.7. The van der Waals surface area contributed by atoms with Crippen molar-refractivity contribution in [2.75, 3.05) is 18.9 Å². The summed E-state index contributed by atoms with van der Waals surface area (Å²) < 4.78 is 11.4. The van der Waals surface area contributed by atoms with Crippen molar-refractivity contribution in [3.05, 3.63) is 23.5 Å². The van der Waals surface area contributed by atoms with Crippen LogP contribution in [0, 0.1) is 11.8 Å². The molecule has 2 aliphatic rings. The van der Waals surface area contributed by atoms with Crippen LogP contribution in [0.25, 0.3) is 0 Å². The molecule has 2 atom stereocenters. The Morgan fingerprint density at radius 2 is 1.35 bits per heavy atom. The van der Waals surface area contributed by atoms with Gasteiger partial charge in [-0.15, -0.1) is 0 Å². The molecule has 2 N–H and O–H groups in total. The summed E-state index contributed by atoms with van der Waals surface area (Å²) >= 11 is 0. The van der Waals surface area contributed by atoms with Crippen LogP contribution in [0.5, 0.6) is 0 Å². The van der Waals surface area contributed by atoms with Crippen LogP contribution < -0.4 is 5.73 Å². The van der Waals surface area contributed by atoms with Gasteiger partial charge in [-0.25, -0.2) is 15.0 Å². The molecule has 0 saturated heterocycles. The maximum absolute atomic E-state index is 6.02. The van der Waals surface area contributed by atoms with E-state index in [1.165, 1.54) is 0 Å². The number of hydrogen-bond acceptors (Lipinski definition) is 6.